The Morgan fingerprint density at radius 3 is 2.20 bits per heavy atom. The van der Waals surface area contributed by atoms with Gasteiger partial charge in [-0.3, -0.25) is 0 Å². The number of hydrogen-bond donors (Lipinski definition) is 0. The van der Waals surface area contributed by atoms with E-state index in [4.69, 9.17) is 15.7 Å². The Balaban J connectivity index is 3.63. The van der Waals surface area contributed by atoms with Gasteiger partial charge in [-0.15, -0.1) is 11.6 Å². The van der Waals surface area contributed by atoms with Gasteiger partial charge in [0, 0.05) is 5.88 Å². The first-order chi connectivity index (χ1) is 4.48. The third kappa shape index (κ3) is 5.47. The molecule has 0 aliphatic heterocycles. The lowest BCUT2D eigenvalue weighted by Crippen LogP contribution is -2.35. The van der Waals surface area contributed by atoms with Crippen molar-refractivity contribution in [1.82, 2.24) is 0 Å². The molecule has 0 aliphatic rings. The van der Waals surface area contributed by atoms with Crippen LogP contribution in [0.1, 0.15) is 0 Å². The predicted octanol–water partition coefficient (Wildman–Crippen LogP) is 2.43. The van der Waals surface area contributed by atoms with E-state index in [9.17, 15) is 0 Å². The summed E-state index contributed by atoms with van der Waals surface area (Å²) in [5.41, 5.74) is 0. The maximum Gasteiger partial charge on any atom is 0.174 e. The second-order valence-corrected chi connectivity index (χ2v) is 10.8. The molecule has 0 bridgehead atoms. The maximum absolute atomic E-state index is 5.87. The van der Waals surface area contributed by atoms with Crippen LogP contribution in [0.25, 0.3) is 0 Å². The molecule has 0 aromatic heterocycles. The second kappa shape index (κ2) is 4.54. The molecule has 1 nitrogen and oxygen atoms in total. The number of hydrogen-bond acceptors (Lipinski definition) is 1. The molecule has 0 fully saturated rings. The van der Waals surface area contributed by atoms with E-state index in [1.54, 1.807) is 0 Å². The minimum Gasteiger partial charge on any atom is -0.458 e. The summed E-state index contributed by atoms with van der Waals surface area (Å²) >= 11 is 5.64. The van der Waals surface area contributed by atoms with Gasteiger partial charge in [0.05, 0.1) is 0 Å². The van der Waals surface area contributed by atoms with Crippen LogP contribution in [0.5, 0.6) is 0 Å². The second-order valence-electron chi connectivity index (χ2n) is 3.37. The molecule has 0 N–H and O–H groups in total. The summed E-state index contributed by atoms with van der Waals surface area (Å²) in [6.07, 6.45) is 0. The lowest BCUT2D eigenvalue weighted by atomic mass is 11.0. The van der Waals surface area contributed by atoms with Gasteiger partial charge >= 0.3 is 0 Å². The van der Waals surface area contributed by atoms with Gasteiger partial charge in [0.2, 0.25) is 0 Å². The summed E-state index contributed by atoms with van der Waals surface area (Å²) in [6.45, 7) is 8.90. The third-order valence-corrected chi connectivity index (χ3v) is 7.65. The van der Waals surface area contributed by atoms with E-state index < -0.39 is 17.4 Å². The minimum atomic E-state index is -1.34. The van der Waals surface area contributed by atoms with Crippen LogP contribution in [-0.2, 0) is 4.12 Å². The highest BCUT2D eigenvalue weighted by molar-refractivity contribution is 6.78. The zero-order chi connectivity index (χ0) is 8.20. The van der Waals surface area contributed by atoms with E-state index in [1.807, 2.05) is 0 Å². The van der Waals surface area contributed by atoms with E-state index in [0.29, 0.717) is 0 Å². The molecule has 0 atom stereocenters. The first-order valence-electron chi connectivity index (χ1n) is 3.72. The molecule has 10 heavy (non-hydrogen) atoms. The zero-order valence-corrected chi connectivity index (χ0v) is 10.2. The zero-order valence-electron chi connectivity index (χ0n) is 7.28. The molecule has 0 saturated heterocycles. The van der Waals surface area contributed by atoms with Crippen LogP contribution in [0.4, 0.5) is 0 Å². The van der Waals surface area contributed by atoms with Gasteiger partial charge < -0.3 is 4.12 Å². The van der Waals surface area contributed by atoms with Crippen molar-refractivity contribution < 1.29 is 4.12 Å². The maximum atomic E-state index is 5.87. The van der Waals surface area contributed by atoms with Crippen molar-refractivity contribution in [2.24, 2.45) is 0 Å². The fourth-order valence-corrected chi connectivity index (χ4v) is 8.32. The van der Waals surface area contributed by atoms with Crippen LogP contribution in [-0.4, -0.2) is 23.2 Å². The Labute approximate surface area is 71.6 Å². The van der Waals surface area contributed by atoms with E-state index in [0.717, 1.165) is 11.9 Å². The van der Waals surface area contributed by atoms with Gasteiger partial charge in [-0.1, -0.05) is 0 Å². The summed E-state index contributed by atoms with van der Waals surface area (Å²) < 4.78 is 5.87. The standard InChI is InChI=1S/C6H17ClOSi2/c1-9(2)8-10(3,4)6-5-7/h9H,5-6H2,1-4H3. The highest BCUT2D eigenvalue weighted by Gasteiger charge is 2.22. The molecule has 0 spiro atoms. The summed E-state index contributed by atoms with van der Waals surface area (Å²) in [7, 11) is -2.16. The molecular formula is C6H17ClOSi2. The lowest BCUT2D eigenvalue weighted by Gasteiger charge is -2.24. The van der Waals surface area contributed by atoms with Crippen molar-refractivity contribution in [3.63, 3.8) is 0 Å². The molecule has 0 radical (unpaired) electrons. The lowest BCUT2D eigenvalue weighted by molar-refractivity contribution is 0.574. The molecule has 0 aliphatic carbocycles. The van der Waals surface area contributed by atoms with Crippen LogP contribution in [0.2, 0.25) is 32.2 Å². The molecule has 0 saturated carbocycles. The number of halogens is 1. The van der Waals surface area contributed by atoms with Crippen molar-refractivity contribution in [3.8, 4) is 0 Å². The van der Waals surface area contributed by atoms with Crippen molar-refractivity contribution >= 4 is 29.0 Å². The Morgan fingerprint density at radius 2 is 1.90 bits per heavy atom. The first-order valence-corrected chi connectivity index (χ1v) is 10.1. The molecule has 0 rings (SSSR count). The average molecular weight is 197 g/mol. The van der Waals surface area contributed by atoms with Gasteiger partial charge in [0.1, 0.15) is 0 Å². The van der Waals surface area contributed by atoms with Crippen LogP contribution < -0.4 is 0 Å². The summed E-state index contributed by atoms with van der Waals surface area (Å²) in [4.78, 5) is 0. The van der Waals surface area contributed by atoms with Crippen molar-refractivity contribution in [2.75, 3.05) is 5.88 Å². The van der Waals surface area contributed by atoms with Gasteiger partial charge in [-0.2, -0.15) is 0 Å². The van der Waals surface area contributed by atoms with Crippen molar-refractivity contribution in [3.05, 3.63) is 0 Å². The SMILES string of the molecule is C[SiH](C)O[Si](C)(C)CCCl. The monoisotopic (exact) mass is 196 g/mol. The van der Waals surface area contributed by atoms with Gasteiger partial charge in [0.25, 0.3) is 0 Å². The third-order valence-electron chi connectivity index (χ3n) is 1.25. The quantitative estimate of drug-likeness (QED) is 0.496. The van der Waals surface area contributed by atoms with Gasteiger partial charge in [-0.25, -0.2) is 0 Å². The molecule has 0 heterocycles. The van der Waals surface area contributed by atoms with Crippen LogP contribution >= 0.6 is 11.6 Å². The van der Waals surface area contributed by atoms with Gasteiger partial charge in [-0.05, 0) is 32.2 Å². The Morgan fingerprint density at radius 1 is 1.40 bits per heavy atom. The van der Waals surface area contributed by atoms with Crippen LogP contribution in [0.3, 0.4) is 0 Å². The Hall–Kier alpha value is 0.684. The average Bonchev–Trinajstić information content (AvgIpc) is 1.59. The fourth-order valence-electron chi connectivity index (χ4n) is 0.925. The highest BCUT2D eigenvalue weighted by atomic mass is 35.5. The summed E-state index contributed by atoms with van der Waals surface area (Å²) in [5, 5.41) is 0. The minimum absolute atomic E-state index is 0.750. The highest BCUT2D eigenvalue weighted by Crippen LogP contribution is 2.12. The number of alkyl halides is 1. The van der Waals surface area contributed by atoms with Crippen LogP contribution in [0.15, 0.2) is 0 Å². The van der Waals surface area contributed by atoms with Crippen molar-refractivity contribution in [2.45, 2.75) is 32.2 Å². The molecule has 0 aromatic carbocycles. The van der Waals surface area contributed by atoms with Gasteiger partial charge in [0.15, 0.2) is 17.4 Å². The predicted molar refractivity (Wildman–Crippen MR) is 53.0 cm³/mol. The molecule has 62 valence electrons. The normalized spacial score (nSPS) is 12.6. The smallest absolute Gasteiger partial charge is 0.174 e. The van der Waals surface area contributed by atoms with E-state index in [-0.39, 0.29) is 0 Å². The summed E-state index contributed by atoms with van der Waals surface area (Å²) in [6, 6.07) is 1.08. The first kappa shape index (κ1) is 10.7. The fraction of sp³-hybridized carbons (Fsp3) is 1.00. The number of rotatable bonds is 4. The molecular weight excluding hydrogens is 180 g/mol. The molecule has 0 unspecified atom stereocenters. The topological polar surface area (TPSA) is 9.23 Å². The Kier molecular flexibility index (Phi) is 4.85. The van der Waals surface area contributed by atoms with E-state index >= 15 is 0 Å². The van der Waals surface area contributed by atoms with E-state index in [2.05, 4.69) is 26.2 Å². The van der Waals surface area contributed by atoms with E-state index in [1.165, 1.54) is 0 Å². The Bertz CT molecular complexity index is 95.7. The van der Waals surface area contributed by atoms with Crippen LogP contribution in [0, 0.1) is 0 Å². The molecule has 0 aromatic rings. The largest absolute Gasteiger partial charge is 0.458 e. The molecule has 4 heteroatoms. The van der Waals surface area contributed by atoms with Crippen molar-refractivity contribution in [1.29, 1.82) is 0 Å². The summed E-state index contributed by atoms with van der Waals surface area (Å²) in [5.74, 6) is 0.750. The molecule has 0 amide bonds.